The van der Waals surface area contributed by atoms with Gasteiger partial charge in [0.15, 0.2) is 16.7 Å². The van der Waals surface area contributed by atoms with Crippen molar-refractivity contribution in [2.75, 3.05) is 12.4 Å². The monoisotopic (exact) mass is 265 g/mol. The van der Waals surface area contributed by atoms with Gasteiger partial charge in [0.2, 0.25) is 0 Å². The normalized spacial score (nSPS) is 10.1. The predicted octanol–water partition coefficient (Wildman–Crippen LogP) is 2.46. The van der Waals surface area contributed by atoms with Crippen molar-refractivity contribution >= 4 is 17.4 Å². The Morgan fingerprint density at radius 1 is 1.33 bits per heavy atom. The summed E-state index contributed by atoms with van der Waals surface area (Å²) in [6.45, 7) is 0.413. The Bertz CT molecular complexity index is 549. The highest BCUT2D eigenvalue weighted by atomic mass is 35.5. The third-order valence-corrected chi connectivity index (χ3v) is 2.67. The van der Waals surface area contributed by atoms with Crippen molar-refractivity contribution in [3.8, 4) is 11.5 Å². The number of phenols is 1. The number of rotatable bonds is 4. The number of anilines is 1. The number of methoxy groups -OCH3 is 1. The first kappa shape index (κ1) is 12.4. The number of ether oxygens (including phenoxy) is 1. The fourth-order valence-corrected chi connectivity index (χ4v) is 1.71. The maximum absolute atomic E-state index is 9.64. The van der Waals surface area contributed by atoms with Crippen LogP contribution in [0.15, 0.2) is 30.6 Å². The molecular formula is C12H12ClN3O2. The second-order valence-electron chi connectivity index (χ2n) is 3.53. The van der Waals surface area contributed by atoms with Crippen LogP contribution in [-0.2, 0) is 6.54 Å². The van der Waals surface area contributed by atoms with Crippen LogP contribution in [0.4, 0.5) is 5.82 Å². The molecule has 0 amide bonds. The number of benzene rings is 1. The third kappa shape index (κ3) is 2.62. The van der Waals surface area contributed by atoms with Crippen molar-refractivity contribution in [1.29, 1.82) is 0 Å². The molecule has 0 saturated heterocycles. The first-order valence-electron chi connectivity index (χ1n) is 5.27. The number of para-hydroxylation sites is 1. The summed E-state index contributed by atoms with van der Waals surface area (Å²) >= 11 is 5.88. The Morgan fingerprint density at radius 3 is 2.83 bits per heavy atom. The number of nitrogens with one attached hydrogen (secondary N) is 1. The van der Waals surface area contributed by atoms with Gasteiger partial charge in [-0.05, 0) is 6.07 Å². The smallest absolute Gasteiger partial charge is 0.198 e. The molecule has 1 aromatic carbocycles. The molecule has 0 bridgehead atoms. The zero-order chi connectivity index (χ0) is 13.0. The van der Waals surface area contributed by atoms with Gasteiger partial charge in [-0.15, -0.1) is 0 Å². The summed E-state index contributed by atoms with van der Waals surface area (Å²) in [6.07, 6.45) is 1.35. The zero-order valence-electron chi connectivity index (χ0n) is 9.72. The molecule has 0 aliphatic rings. The van der Waals surface area contributed by atoms with Crippen LogP contribution in [-0.4, -0.2) is 22.2 Å². The van der Waals surface area contributed by atoms with Crippen molar-refractivity contribution in [3.63, 3.8) is 0 Å². The largest absolute Gasteiger partial charge is 0.508 e. The maximum Gasteiger partial charge on any atom is 0.198 e. The second-order valence-corrected chi connectivity index (χ2v) is 3.89. The number of hydrogen-bond acceptors (Lipinski definition) is 5. The summed E-state index contributed by atoms with van der Waals surface area (Å²) in [5, 5.41) is 12.9. The minimum atomic E-state index is 0.226. The standard InChI is InChI=1S/C12H12ClN3O2/c1-18-10-11(13)15-7-16-12(10)14-6-8-4-2-3-5-9(8)17/h2-5,7,17H,6H2,1H3,(H,14,15,16). The van der Waals surface area contributed by atoms with Gasteiger partial charge in [0.1, 0.15) is 12.1 Å². The lowest BCUT2D eigenvalue weighted by Gasteiger charge is -2.11. The lowest BCUT2D eigenvalue weighted by molar-refractivity contribution is 0.413. The second kappa shape index (κ2) is 5.55. The number of hydrogen-bond donors (Lipinski definition) is 2. The van der Waals surface area contributed by atoms with Gasteiger partial charge in [0, 0.05) is 12.1 Å². The molecule has 0 aliphatic heterocycles. The minimum absolute atomic E-state index is 0.226. The molecule has 0 saturated carbocycles. The minimum Gasteiger partial charge on any atom is -0.508 e. The molecule has 0 unspecified atom stereocenters. The third-order valence-electron chi connectivity index (χ3n) is 2.40. The molecule has 0 aliphatic carbocycles. The van der Waals surface area contributed by atoms with Gasteiger partial charge in [-0.25, -0.2) is 9.97 Å². The maximum atomic E-state index is 9.64. The molecule has 0 spiro atoms. The van der Waals surface area contributed by atoms with Crippen molar-refractivity contribution in [2.24, 2.45) is 0 Å². The highest BCUT2D eigenvalue weighted by Gasteiger charge is 2.10. The first-order chi connectivity index (χ1) is 8.72. The molecule has 1 aromatic heterocycles. The van der Waals surface area contributed by atoms with Gasteiger partial charge < -0.3 is 15.2 Å². The summed E-state index contributed by atoms with van der Waals surface area (Å²) in [6, 6.07) is 7.06. The van der Waals surface area contributed by atoms with Crippen molar-refractivity contribution in [3.05, 3.63) is 41.3 Å². The van der Waals surface area contributed by atoms with E-state index in [-0.39, 0.29) is 10.9 Å². The van der Waals surface area contributed by atoms with E-state index in [2.05, 4.69) is 15.3 Å². The Kier molecular flexibility index (Phi) is 3.84. The summed E-state index contributed by atoms with van der Waals surface area (Å²) in [7, 11) is 1.50. The molecule has 0 fully saturated rings. The number of phenolic OH excluding ortho intramolecular Hbond substituents is 1. The Balaban J connectivity index is 2.16. The van der Waals surface area contributed by atoms with Crippen LogP contribution in [0, 0.1) is 0 Å². The van der Waals surface area contributed by atoms with Gasteiger partial charge in [0.25, 0.3) is 0 Å². The van der Waals surface area contributed by atoms with Crippen LogP contribution in [0.3, 0.4) is 0 Å². The average Bonchev–Trinajstić information content (AvgIpc) is 2.38. The molecule has 2 rings (SSSR count). The first-order valence-corrected chi connectivity index (χ1v) is 5.65. The Morgan fingerprint density at radius 2 is 2.11 bits per heavy atom. The quantitative estimate of drug-likeness (QED) is 0.831. The lowest BCUT2D eigenvalue weighted by atomic mass is 10.2. The highest BCUT2D eigenvalue weighted by molar-refractivity contribution is 6.31. The van der Waals surface area contributed by atoms with E-state index in [0.29, 0.717) is 18.1 Å². The summed E-state index contributed by atoms with van der Waals surface area (Å²) < 4.78 is 5.11. The molecule has 2 N–H and O–H groups in total. The molecule has 94 valence electrons. The van der Waals surface area contributed by atoms with Crippen LogP contribution in [0.2, 0.25) is 5.15 Å². The molecule has 6 heteroatoms. The van der Waals surface area contributed by atoms with E-state index in [9.17, 15) is 5.11 Å². The van der Waals surface area contributed by atoms with Crippen LogP contribution in [0.1, 0.15) is 5.56 Å². The number of aromatic hydroxyl groups is 1. The Hall–Kier alpha value is -2.01. The van der Waals surface area contributed by atoms with E-state index in [1.54, 1.807) is 12.1 Å². The topological polar surface area (TPSA) is 67.3 Å². The number of halogens is 1. The van der Waals surface area contributed by atoms with Crippen molar-refractivity contribution in [2.45, 2.75) is 6.54 Å². The van der Waals surface area contributed by atoms with E-state index in [1.165, 1.54) is 13.4 Å². The zero-order valence-corrected chi connectivity index (χ0v) is 10.5. The predicted molar refractivity (Wildman–Crippen MR) is 69.0 cm³/mol. The van der Waals surface area contributed by atoms with Crippen molar-refractivity contribution < 1.29 is 9.84 Å². The van der Waals surface area contributed by atoms with E-state index in [4.69, 9.17) is 16.3 Å². The fraction of sp³-hybridized carbons (Fsp3) is 0.167. The van der Waals surface area contributed by atoms with Gasteiger partial charge >= 0.3 is 0 Å². The molecule has 0 radical (unpaired) electrons. The summed E-state index contributed by atoms with van der Waals surface area (Å²) in [5.41, 5.74) is 0.759. The highest BCUT2D eigenvalue weighted by Crippen LogP contribution is 2.29. The molecular weight excluding hydrogens is 254 g/mol. The van der Waals surface area contributed by atoms with Crippen LogP contribution in [0.25, 0.3) is 0 Å². The van der Waals surface area contributed by atoms with E-state index in [1.807, 2.05) is 12.1 Å². The number of aromatic nitrogens is 2. The van der Waals surface area contributed by atoms with Gasteiger partial charge in [-0.1, -0.05) is 29.8 Å². The number of nitrogens with zero attached hydrogens (tertiary/aromatic N) is 2. The van der Waals surface area contributed by atoms with Crippen LogP contribution < -0.4 is 10.1 Å². The van der Waals surface area contributed by atoms with E-state index >= 15 is 0 Å². The van der Waals surface area contributed by atoms with Gasteiger partial charge in [0.05, 0.1) is 7.11 Å². The molecule has 0 atom stereocenters. The van der Waals surface area contributed by atoms with E-state index in [0.717, 1.165) is 5.56 Å². The van der Waals surface area contributed by atoms with Gasteiger partial charge in [-0.2, -0.15) is 0 Å². The Labute approximate surface area is 109 Å². The fourth-order valence-electron chi connectivity index (χ4n) is 1.50. The van der Waals surface area contributed by atoms with E-state index < -0.39 is 0 Å². The SMILES string of the molecule is COc1c(Cl)ncnc1NCc1ccccc1O. The van der Waals surface area contributed by atoms with Gasteiger partial charge in [-0.3, -0.25) is 0 Å². The van der Waals surface area contributed by atoms with Crippen molar-refractivity contribution in [1.82, 2.24) is 9.97 Å². The molecule has 5 nitrogen and oxygen atoms in total. The molecule has 1 heterocycles. The summed E-state index contributed by atoms with van der Waals surface area (Å²) in [5.74, 6) is 1.10. The van der Waals surface area contributed by atoms with Crippen LogP contribution in [0.5, 0.6) is 11.5 Å². The summed E-state index contributed by atoms with van der Waals surface area (Å²) in [4.78, 5) is 7.86. The van der Waals surface area contributed by atoms with Crippen LogP contribution >= 0.6 is 11.6 Å². The average molecular weight is 266 g/mol. The molecule has 2 aromatic rings. The molecule has 18 heavy (non-hydrogen) atoms. The lowest BCUT2D eigenvalue weighted by Crippen LogP contribution is -2.04.